The number of nitrogens with one attached hydrogen (secondary N) is 1. The van der Waals surface area contributed by atoms with E-state index in [0.29, 0.717) is 0 Å². The molecule has 2 nitrogen and oxygen atoms in total. The molecule has 0 bridgehead atoms. The average Bonchev–Trinajstić information content (AvgIpc) is 2.63. The Morgan fingerprint density at radius 3 is 2.71 bits per heavy atom. The Morgan fingerprint density at radius 2 is 2.00 bits per heavy atom. The molecular formula is C12H14Cl2N2S. The molecule has 0 atom stereocenters. The molecule has 1 aromatic carbocycles. The maximum Gasteiger partial charge on any atom is 0.0677 e. The Labute approximate surface area is 116 Å². The minimum Gasteiger partial charge on any atom is -0.327 e. The molecule has 3 rings (SSSR count). The topological polar surface area (TPSA) is 15.3 Å². The number of hydrogen-bond acceptors (Lipinski definition) is 3. The molecule has 1 spiro atoms. The second kappa shape index (κ2) is 4.23. The third kappa shape index (κ3) is 1.93. The molecular weight excluding hydrogens is 275 g/mol. The predicted octanol–water partition coefficient (Wildman–Crippen LogP) is 3.99. The number of hydrogen-bond donors (Lipinski definition) is 1. The van der Waals surface area contributed by atoms with Crippen molar-refractivity contribution in [2.24, 2.45) is 0 Å². The van der Waals surface area contributed by atoms with Gasteiger partial charge in [0.05, 0.1) is 15.5 Å². The largest absolute Gasteiger partial charge is 0.327 e. The van der Waals surface area contributed by atoms with Crippen molar-refractivity contribution in [2.75, 3.05) is 24.9 Å². The lowest BCUT2D eigenvalue weighted by Crippen LogP contribution is -2.37. The highest BCUT2D eigenvalue weighted by Crippen LogP contribution is 2.55. The lowest BCUT2D eigenvalue weighted by molar-refractivity contribution is 0.241. The van der Waals surface area contributed by atoms with Gasteiger partial charge in [-0.1, -0.05) is 23.2 Å². The summed E-state index contributed by atoms with van der Waals surface area (Å²) >= 11 is 14.2. The fraction of sp³-hybridized carbons (Fsp3) is 0.500. The zero-order valence-corrected chi connectivity index (χ0v) is 11.9. The number of likely N-dealkylation sites (tertiary alicyclic amines) is 1. The lowest BCUT2D eigenvalue weighted by atomic mass is 9.87. The van der Waals surface area contributed by atoms with Crippen LogP contribution in [0.3, 0.4) is 0 Å². The number of rotatable bonds is 0. The molecule has 0 aliphatic carbocycles. The molecule has 1 N–H and O–H groups in total. The van der Waals surface area contributed by atoms with Gasteiger partial charge in [0.2, 0.25) is 0 Å². The summed E-state index contributed by atoms with van der Waals surface area (Å²) in [6, 6.07) is 3.88. The summed E-state index contributed by atoms with van der Waals surface area (Å²) in [7, 11) is 2.17. The number of nitrogens with zero attached hydrogens (tertiary/aromatic N) is 1. The average molecular weight is 289 g/mol. The van der Waals surface area contributed by atoms with Gasteiger partial charge < -0.3 is 9.62 Å². The molecule has 1 fully saturated rings. The van der Waals surface area contributed by atoms with Crippen molar-refractivity contribution in [1.82, 2.24) is 4.90 Å². The minimum atomic E-state index is 0.163. The highest BCUT2D eigenvalue weighted by atomic mass is 35.5. The Bertz CT molecular complexity index is 456. The maximum absolute atomic E-state index is 6.24. The van der Waals surface area contributed by atoms with Crippen LogP contribution in [0.2, 0.25) is 10.0 Å². The van der Waals surface area contributed by atoms with E-state index < -0.39 is 0 Å². The summed E-state index contributed by atoms with van der Waals surface area (Å²) < 4.78 is 3.54. The molecule has 0 amide bonds. The van der Waals surface area contributed by atoms with Gasteiger partial charge in [0, 0.05) is 5.02 Å². The molecule has 0 saturated carbocycles. The van der Waals surface area contributed by atoms with Crippen molar-refractivity contribution >= 4 is 40.8 Å². The summed E-state index contributed by atoms with van der Waals surface area (Å²) in [4.78, 5) is 2.37. The second-order valence-electron chi connectivity index (χ2n) is 4.81. The van der Waals surface area contributed by atoms with E-state index in [9.17, 15) is 0 Å². The van der Waals surface area contributed by atoms with Crippen molar-refractivity contribution < 1.29 is 0 Å². The summed E-state index contributed by atoms with van der Waals surface area (Å²) in [5, 5.41) is 1.46. The summed E-state index contributed by atoms with van der Waals surface area (Å²) in [5.74, 6) is 0. The van der Waals surface area contributed by atoms with E-state index in [2.05, 4.69) is 22.7 Å². The number of piperidine rings is 1. The van der Waals surface area contributed by atoms with Gasteiger partial charge in [-0.25, -0.2) is 0 Å². The minimum absolute atomic E-state index is 0.163. The Hall–Kier alpha value is -0.0900. The first kappa shape index (κ1) is 12.0. The van der Waals surface area contributed by atoms with Gasteiger partial charge in [-0.3, -0.25) is 0 Å². The van der Waals surface area contributed by atoms with Crippen LogP contribution in [0.25, 0.3) is 0 Å². The fourth-order valence-corrected chi connectivity index (χ4v) is 4.36. The molecule has 0 radical (unpaired) electrons. The molecule has 2 aliphatic rings. The van der Waals surface area contributed by atoms with Gasteiger partial charge in [0.15, 0.2) is 0 Å². The second-order valence-corrected chi connectivity index (χ2v) is 6.85. The standard InChI is InChI=1S/C12H14Cl2N2S/c1-16-4-2-12(3-5-16)9-6-8(13)7-10(14)11(9)15-17-12/h6-7,15H,2-5H2,1H3. The lowest BCUT2D eigenvalue weighted by Gasteiger charge is -2.36. The van der Waals surface area contributed by atoms with Gasteiger partial charge in [0.1, 0.15) is 0 Å². The normalized spacial score (nSPS) is 22.5. The highest BCUT2D eigenvalue weighted by Gasteiger charge is 2.43. The molecule has 2 aliphatic heterocycles. The van der Waals surface area contributed by atoms with Crippen molar-refractivity contribution in [1.29, 1.82) is 0 Å². The van der Waals surface area contributed by atoms with E-state index in [0.717, 1.165) is 41.7 Å². The zero-order valence-electron chi connectivity index (χ0n) is 9.59. The predicted molar refractivity (Wildman–Crippen MR) is 76.1 cm³/mol. The molecule has 0 aromatic heterocycles. The number of benzene rings is 1. The number of anilines is 1. The third-order valence-corrected chi connectivity index (χ3v) is 5.53. The molecule has 0 unspecified atom stereocenters. The summed E-state index contributed by atoms with van der Waals surface area (Å²) in [6.07, 6.45) is 2.29. The Kier molecular flexibility index (Phi) is 2.98. The Morgan fingerprint density at radius 1 is 1.29 bits per heavy atom. The van der Waals surface area contributed by atoms with Gasteiger partial charge in [-0.2, -0.15) is 0 Å². The van der Waals surface area contributed by atoms with E-state index in [1.54, 1.807) is 11.9 Å². The van der Waals surface area contributed by atoms with Crippen molar-refractivity contribution in [3.05, 3.63) is 27.7 Å². The smallest absolute Gasteiger partial charge is 0.0677 e. The van der Waals surface area contributed by atoms with Crippen LogP contribution < -0.4 is 4.72 Å². The zero-order chi connectivity index (χ0) is 12.0. The van der Waals surface area contributed by atoms with Crippen LogP contribution in [0.4, 0.5) is 5.69 Å². The first-order valence-electron chi connectivity index (χ1n) is 5.73. The van der Waals surface area contributed by atoms with Crippen LogP contribution in [-0.4, -0.2) is 25.0 Å². The van der Waals surface area contributed by atoms with Gasteiger partial charge in [-0.05, 0) is 62.6 Å². The van der Waals surface area contributed by atoms with Crippen LogP contribution in [0.5, 0.6) is 0 Å². The molecule has 2 heterocycles. The quantitative estimate of drug-likeness (QED) is 0.727. The van der Waals surface area contributed by atoms with E-state index in [1.165, 1.54) is 5.56 Å². The van der Waals surface area contributed by atoms with Crippen LogP contribution in [-0.2, 0) is 4.75 Å². The van der Waals surface area contributed by atoms with Crippen molar-refractivity contribution in [3.8, 4) is 0 Å². The van der Waals surface area contributed by atoms with Crippen molar-refractivity contribution in [2.45, 2.75) is 17.6 Å². The molecule has 1 saturated heterocycles. The van der Waals surface area contributed by atoms with E-state index in [4.69, 9.17) is 23.2 Å². The van der Waals surface area contributed by atoms with E-state index in [1.807, 2.05) is 6.07 Å². The maximum atomic E-state index is 6.24. The third-order valence-electron chi connectivity index (χ3n) is 3.69. The summed E-state index contributed by atoms with van der Waals surface area (Å²) in [5.41, 5.74) is 2.35. The number of halogens is 2. The van der Waals surface area contributed by atoms with E-state index >= 15 is 0 Å². The number of fused-ring (bicyclic) bond motifs is 2. The first-order valence-corrected chi connectivity index (χ1v) is 7.30. The highest BCUT2D eigenvalue weighted by molar-refractivity contribution is 8.01. The first-order chi connectivity index (χ1) is 8.11. The molecule has 1 aromatic rings. The van der Waals surface area contributed by atoms with Crippen LogP contribution in [0, 0.1) is 0 Å². The van der Waals surface area contributed by atoms with Gasteiger partial charge in [0.25, 0.3) is 0 Å². The Balaban J connectivity index is 2.03. The van der Waals surface area contributed by atoms with Crippen LogP contribution in [0.1, 0.15) is 18.4 Å². The summed E-state index contributed by atoms with van der Waals surface area (Å²) in [6.45, 7) is 2.25. The monoisotopic (exact) mass is 288 g/mol. The SMILES string of the molecule is CN1CCC2(CC1)SNc1c(Cl)cc(Cl)cc12. The van der Waals surface area contributed by atoms with Crippen molar-refractivity contribution in [3.63, 3.8) is 0 Å². The van der Waals surface area contributed by atoms with Gasteiger partial charge >= 0.3 is 0 Å². The van der Waals surface area contributed by atoms with Crippen LogP contribution in [0.15, 0.2) is 12.1 Å². The molecule has 92 valence electrons. The fourth-order valence-electron chi connectivity index (χ4n) is 2.59. The van der Waals surface area contributed by atoms with E-state index in [-0.39, 0.29) is 4.75 Å². The van der Waals surface area contributed by atoms with Gasteiger partial charge in [-0.15, -0.1) is 0 Å². The molecule has 5 heteroatoms. The molecule has 17 heavy (non-hydrogen) atoms. The van der Waals surface area contributed by atoms with Crippen LogP contribution >= 0.6 is 35.1 Å².